The highest BCUT2D eigenvalue weighted by Crippen LogP contribution is 2.41. The molecule has 0 aliphatic heterocycles. The van der Waals surface area contributed by atoms with Gasteiger partial charge in [0.25, 0.3) is 0 Å². The van der Waals surface area contributed by atoms with Crippen LogP contribution in [0.1, 0.15) is 23.1 Å². The van der Waals surface area contributed by atoms with Crippen LogP contribution in [-0.2, 0) is 6.42 Å². The average molecular weight is 302 g/mol. The lowest BCUT2D eigenvalue weighted by molar-refractivity contribution is 1.24. The highest BCUT2D eigenvalue weighted by Gasteiger charge is 2.29. The minimum absolute atomic E-state index is 1.09. The molecular weight excluding hydrogens is 280 g/mol. The second-order valence-corrected chi connectivity index (χ2v) is 12.5. The van der Waals surface area contributed by atoms with Gasteiger partial charge in [0, 0.05) is 0 Å². The number of rotatable bonds is 2. The van der Waals surface area contributed by atoms with E-state index in [1.165, 1.54) is 22.3 Å². The van der Waals surface area contributed by atoms with Crippen LogP contribution >= 0.6 is 0 Å². The van der Waals surface area contributed by atoms with E-state index in [0.29, 0.717) is 0 Å². The van der Waals surface area contributed by atoms with Gasteiger partial charge in [0.15, 0.2) is 0 Å². The molecule has 22 heavy (non-hydrogen) atoms. The Bertz CT molecular complexity index is 816. The highest BCUT2D eigenvalue weighted by atomic mass is 28.3. The predicted molar refractivity (Wildman–Crippen MR) is 99.4 cm³/mol. The Morgan fingerprint density at radius 2 is 1.73 bits per heavy atom. The minimum Gasteiger partial charge on any atom is -0.0801 e. The summed E-state index contributed by atoms with van der Waals surface area (Å²) in [6.07, 6.45) is 9.00. The zero-order chi connectivity index (χ0) is 15.3. The van der Waals surface area contributed by atoms with Gasteiger partial charge in [0.1, 0.15) is 0 Å². The third kappa shape index (κ3) is 2.04. The zero-order valence-corrected chi connectivity index (χ0v) is 14.6. The number of benzene rings is 2. The zero-order valence-electron chi connectivity index (χ0n) is 13.6. The van der Waals surface area contributed by atoms with Crippen molar-refractivity contribution in [3.63, 3.8) is 0 Å². The van der Waals surface area contributed by atoms with Crippen molar-refractivity contribution in [2.45, 2.75) is 32.5 Å². The standard InChI is InChI=1S/C21H22Si/c1-22(2,3)20-13-12-18-17-11-7-6-10-16(17)14-19(18)21(20)15-8-4-5-9-15/h4-8,10-13H,9,14H2,1-3H3. The summed E-state index contributed by atoms with van der Waals surface area (Å²) in [4.78, 5) is 0. The monoisotopic (exact) mass is 302 g/mol. The molecule has 2 aliphatic carbocycles. The van der Waals surface area contributed by atoms with Crippen LogP contribution in [0.3, 0.4) is 0 Å². The normalized spacial score (nSPS) is 15.7. The van der Waals surface area contributed by atoms with Crippen molar-refractivity contribution in [2.24, 2.45) is 0 Å². The quantitative estimate of drug-likeness (QED) is 0.575. The maximum absolute atomic E-state index is 2.46. The van der Waals surface area contributed by atoms with E-state index in [0.717, 1.165) is 12.8 Å². The Labute approximate surface area is 134 Å². The van der Waals surface area contributed by atoms with Gasteiger partial charge in [-0.05, 0) is 46.2 Å². The van der Waals surface area contributed by atoms with Crippen LogP contribution in [0.4, 0.5) is 0 Å². The van der Waals surface area contributed by atoms with Crippen LogP contribution in [0.25, 0.3) is 16.7 Å². The molecule has 110 valence electrons. The van der Waals surface area contributed by atoms with Crippen molar-refractivity contribution >= 4 is 18.8 Å². The van der Waals surface area contributed by atoms with Gasteiger partial charge in [-0.1, -0.05) is 79.5 Å². The van der Waals surface area contributed by atoms with E-state index in [4.69, 9.17) is 0 Å². The minimum atomic E-state index is -1.36. The molecule has 0 bridgehead atoms. The highest BCUT2D eigenvalue weighted by molar-refractivity contribution is 6.89. The molecule has 0 N–H and O–H groups in total. The first-order chi connectivity index (χ1) is 10.6. The van der Waals surface area contributed by atoms with Crippen LogP contribution in [0.5, 0.6) is 0 Å². The average Bonchev–Trinajstić information content (AvgIpc) is 3.12. The van der Waals surface area contributed by atoms with E-state index in [1.807, 2.05) is 0 Å². The molecule has 0 nitrogen and oxygen atoms in total. The Hall–Kier alpha value is -1.86. The van der Waals surface area contributed by atoms with Crippen molar-refractivity contribution in [3.8, 4) is 11.1 Å². The fourth-order valence-corrected chi connectivity index (χ4v) is 5.48. The molecule has 1 heteroatoms. The third-order valence-corrected chi connectivity index (χ3v) is 6.92. The fraction of sp³-hybridized carbons (Fsp3) is 0.238. The molecule has 0 aromatic heterocycles. The van der Waals surface area contributed by atoms with Crippen LogP contribution in [0, 0.1) is 0 Å². The SMILES string of the molecule is C[Si](C)(C)c1ccc2c(c1C1=CC=CC1)Cc1ccccc1-2. The summed E-state index contributed by atoms with van der Waals surface area (Å²) in [5, 5.41) is 1.62. The molecule has 0 saturated heterocycles. The summed E-state index contributed by atoms with van der Waals surface area (Å²) in [5.74, 6) is 0. The number of fused-ring (bicyclic) bond motifs is 3. The first kappa shape index (κ1) is 13.8. The van der Waals surface area contributed by atoms with E-state index >= 15 is 0 Å². The Morgan fingerprint density at radius 1 is 0.909 bits per heavy atom. The molecular formula is C21H22Si. The van der Waals surface area contributed by atoms with Crippen molar-refractivity contribution in [1.29, 1.82) is 0 Å². The molecule has 0 atom stereocenters. The lowest BCUT2D eigenvalue weighted by atomic mass is 9.95. The van der Waals surface area contributed by atoms with Gasteiger partial charge in [0.2, 0.25) is 0 Å². The lowest BCUT2D eigenvalue weighted by Crippen LogP contribution is -2.40. The Balaban J connectivity index is 1.98. The first-order valence-electron chi connectivity index (χ1n) is 8.16. The van der Waals surface area contributed by atoms with Gasteiger partial charge < -0.3 is 0 Å². The van der Waals surface area contributed by atoms with E-state index in [1.54, 1.807) is 16.3 Å². The van der Waals surface area contributed by atoms with E-state index < -0.39 is 8.07 Å². The maximum atomic E-state index is 2.46. The van der Waals surface area contributed by atoms with E-state index in [-0.39, 0.29) is 0 Å². The summed E-state index contributed by atoms with van der Waals surface area (Å²) in [5.41, 5.74) is 9.03. The van der Waals surface area contributed by atoms with Crippen molar-refractivity contribution < 1.29 is 0 Å². The number of hydrogen-bond donors (Lipinski definition) is 0. The molecule has 0 amide bonds. The summed E-state index contributed by atoms with van der Waals surface area (Å²) in [7, 11) is -1.36. The van der Waals surface area contributed by atoms with Gasteiger partial charge in [-0.3, -0.25) is 0 Å². The second kappa shape index (κ2) is 4.82. The smallest absolute Gasteiger partial charge is 0.0784 e. The molecule has 0 spiro atoms. The number of allylic oxidation sites excluding steroid dienone is 4. The molecule has 0 saturated carbocycles. The largest absolute Gasteiger partial charge is 0.0801 e. The summed E-state index contributed by atoms with van der Waals surface area (Å²) in [6.45, 7) is 7.38. The molecule has 4 rings (SSSR count). The van der Waals surface area contributed by atoms with Gasteiger partial charge in [0.05, 0.1) is 8.07 Å². The Morgan fingerprint density at radius 3 is 2.45 bits per heavy atom. The summed E-state index contributed by atoms with van der Waals surface area (Å²) < 4.78 is 0. The van der Waals surface area contributed by atoms with Crippen LogP contribution in [0.15, 0.2) is 54.6 Å². The van der Waals surface area contributed by atoms with Crippen molar-refractivity contribution in [2.75, 3.05) is 0 Å². The fourth-order valence-electron chi connectivity index (χ4n) is 3.84. The van der Waals surface area contributed by atoms with Gasteiger partial charge in [-0.25, -0.2) is 0 Å². The maximum Gasteiger partial charge on any atom is 0.0784 e. The molecule has 2 aromatic carbocycles. The van der Waals surface area contributed by atoms with Crippen LogP contribution < -0.4 is 5.19 Å². The van der Waals surface area contributed by atoms with Gasteiger partial charge in [-0.15, -0.1) is 0 Å². The lowest BCUT2D eigenvalue weighted by Gasteiger charge is -2.24. The van der Waals surface area contributed by atoms with Crippen LogP contribution in [0.2, 0.25) is 19.6 Å². The first-order valence-corrected chi connectivity index (χ1v) is 11.7. The molecule has 0 unspecified atom stereocenters. The molecule has 0 radical (unpaired) electrons. The topological polar surface area (TPSA) is 0 Å². The van der Waals surface area contributed by atoms with E-state index in [9.17, 15) is 0 Å². The molecule has 2 aromatic rings. The third-order valence-electron chi connectivity index (χ3n) is 4.89. The van der Waals surface area contributed by atoms with Gasteiger partial charge >= 0.3 is 0 Å². The summed E-state index contributed by atoms with van der Waals surface area (Å²) >= 11 is 0. The molecule has 0 fully saturated rings. The van der Waals surface area contributed by atoms with Crippen LogP contribution in [-0.4, -0.2) is 8.07 Å². The van der Waals surface area contributed by atoms with Crippen molar-refractivity contribution in [3.05, 3.63) is 71.3 Å². The Kier molecular flexibility index (Phi) is 3.02. The summed E-state index contributed by atoms with van der Waals surface area (Å²) in [6, 6.07) is 13.7. The predicted octanol–water partition coefficient (Wildman–Crippen LogP) is 5.15. The van der Waals surface area contributed by atoms with E-state index in [2.05, 4.69) is 74.3 Å². The second-order valence-electron chi connectivity index (χ2n) is 7.42. The van der Waals surface area contributed by atoms with Gasteiger partial charge in [-0.2, -0.15) is 0 Å². The number of hydrogen-bond acceptors (Lipinski definition) is 0. The van der Waals surface area contributed by atoms with Crippen molar-refractivity contribution in [1.82, 2.24) is 0 Å². The molecule has 2 aliphatic rings. The molecule has 0 heterocycles.